The number of benzene rings is 2. The van der Waals surface area contributed by atoms with E-state index in [1.165, 1.54) is 5.56 Å². The summed E-state index contributed by atoms with van der Waals surface area (Å²) in [4.78, 5) is 29.0. The van der Waals surface area contributed by atoms with Crippen LogP contribution >= 0.6 is 0 Å². The van der Waals surface area contributed by atoms with Gasteiger partial charge in [0.05, 0.1) is 11.9 Å². The van der Waals surface area contributed by atoms with E-state index in [2.05, 4.69) is 18.9 Å². The number of aromatic nitrogens is 2. The highest BCUT2D eigenvalue weighted by atomic mass is 16.2. The molecule has 0 bridgehead atoms. The molecular formula is C26H28N4O2. The standard InChI is InChI=1S/C26H28N4O2/c1-20(2)22-9-11-23(12-10-22)26(32)29-16-14-28(15-17-29)25(31)13-8-21-18-27-30(19-21)24-6-4-3-5-7-24/h3-13,18-20H,14-17H2,1-2H3/b13-8+. The largest absolute Gasteiger partial charge is 0.336 e. The molecule has 0 atom stereocenters. The van der Waals surface area contributed by atoms with Gasteiger partial charge in [0.25, 0.3) is 5.91 Å². The number of hydrogen-bond donors (Lipinski definition) is 0. The van der Waals surface area contributed by atoms with Crippen LogP contribution in [0.5, 0.6) is 0 Å². The quantitative estimate of drug-likeness (QED) is 0.578. The highest BCUT2D eigenvalue weighted by Gasteiger charge is 2.24. The minimum atomic E-state index is -0.0501. The molecule has 6 heteroatoms. The van der Waals surface area contributed by atoms with Crippen LogP contribution in [0.2, 0.25) is 0 Å². The third-order valence-corrected chi connectivity index (χ3v) is 5.74. The predicted molar refractivity (Wildman–Crippen MR) is 126 cm³/mol. The van der Waals surface area contributed by atoms with E-state index in [-0.39, 0.29) is 11.8 Å². The predicted octanol–water partition coefficient (Wildman–Crippen LogP) is 3.99. The molecule has 0 N–H and O–H groups in total. The molecule has 2 aromatic carbocycles. The van der Waals surface area contributed by atoms with Gasteiger partial charge in [-0.25, -0.2) is 4.68 Å². The molecule has 32 heavy (non-hydrogen) atoms. The Morgan fingerprint density at radius 3 is 2.22 bits per heavy atom. The zero-order valence-electron chi connectivity index (χ0n) is 18.5. The number of nitrogens with zero attached hydrogens (tertiary/aromatic N) is 4. The van der Waals surface area contributed by atoms with E-state index in [1.54, 1.807) is 27.9 Å². The minimum Gasteiger partial charge on any atom is -0.336 e. The van der Waals surface area contributed by atoms with Crippen molar-refractivity contribution in [2.45, 2.75) is 19.8 Å². The summed E-state index contributed by atoms with van der Waals surface area (Å²) in [5.74, 6) is 0.413. The lowest BCUT2D eigenvalue weighted by Crippen LogP contribution is -2.50. The number of amides is 2. The van der Waals surface area contributed by atoms with E-state index in [0.29, 0.717) is 37.7 Å². The van der Waals surface area contributed by atoms with Gasteiger partial charge in [-0.3, -0.25) is 9.59 Å². The SMILES string of the molecule is CC(C)c1ccc(C(=O)N2CCN(C(=O)/C=C/c3cnn(-c4ccccc4)c3)CC2)cc1. The fourth-order valence-corrected chi connectivity index (χ4v) is 3.74. The van der Waals surface area contributed by atoms with Gasteiger partial charge in [0.15, 0.2) is 0 Å². The molecular weight excluding hydrogens is 400 g/mol. The molecule has 0 unspecified atom stereocenters. The minimum absolute atomic E-state index is 0.0243. The number of carbonyl (C=O) groups excluding carboxylic acids is 2. The van der Waals surface area contributed by atoms with Crippen LogP contribution in [0.25, 0.3) is 11.8 Å². The van der Waals surface area contributed by atoms with Crippen molar-refractivity contribution in [2.24, 2.45) is 0 Å². The van der Waals surface area contributed by atoms with E-state index >= 15 is 0 Å². The molecule has 1 aromatic heterocycles. The first-order chi connectivity index (χ1) is 15.5. The van der Waals surface area contributed by atoms with Gasteiger partial charge in [-0.15, -0.1) is 0 Å². The van der Waals surface area contributed by atoms with Crippen LogP contribution in [0.15, 0.2) is 73.1 Å². The van der Waals surface area contributed by atoms with Crippen LogP contribution in [-0.4, -0.2) is 57.6 Å². The van der Waals surface area contributed by atoms with Crippen LogP contribution in [-0.2, 0) is 4.79 Å². The lowest BCUT2D eigenvalue weighted by molar-refractivity contribution is -0.127. The first kappa shape index (κ1) is 21.6. The Balaban J connectivity index is 1.30. The normalized spacial score (nSPS) is 14.3. The van der Waals surface area contributed by atoms with Crippen molar-refractivity contribution in [3.8, 4) is 5.69 Å². The Morgan fingerprint density at radius 1 is 0.906 bits per heavy atom. The zero-order valence-corrected chi connectivity index (χ0v) is 18.5. The molecule has 1 fully saturated rings. The molecule has 3 aromatic rings. The van der Waals surface area contributed by atoms with Gasteiger partial charge in [-0.1, -0.05) is 44.2 Å². The van der Waals surface area contributed by atoms with E-state index < -0.39 is 0 Å². The number of rotatable bonds is 5. The average Bonchev–Trinajstić information content (AvgIpc) is 3.32. The van der Waals surface area contributed by atoms with E-state index in [4.69, 9.17) is 0 Å². The average molecular weight is 429 g/mol. The first-order valence-corrected chi connectivity index (χ1v) is 11.0. The third kappa shape index (κ3) is 4.97. The molecule has 6 nitrogen and oxygen atoms in total. The van der Waals surface area contributed by atoms with Crippen LogP contribution in [0.1, 0.15) is 41.3 Å². The molecule has 0 saturated carbocycles. The summed E-state index contributed by atoms with van der Waals surface area (Å²) in [6, 6.07) is 17.7. The van der Waals surface area contributed by atoms with Crippen molar-refractivity contribution >= 4 is 17.9 Å². The van der Waals surface area contributed by atoms with Crippen molar-refractivity contribution in [3.05, 3.63) is 89.8 Å². The molecule has 1 aliphatic heterocycles. The smallest absolute Gasteiger partial charge is 0.253 e. The van der Waals surface area contributed by atoms with Gasteiger partial charge in [-0.05, 0) is 41.8 Å². The van der Waals surface area contributed by atoms with E-state index in [1.807, 2.05) is 65.7 Å². The molecule has 1 saturated heterocycles. The summed E-state index contributed by atoms with van der Waals surface area (Å²) in [6.07, 6.45) is 6.98. The molecule has 0 aliphatic carbocycles. The van der Waals surface area contributed by atoms with Gasteiger partial charge < -0.3 is 9.80 Å². The maximum atomic E-state index is 12.8. The summed E-state index contributed by atoms with van der Waals surface area (Å²) < 4.78 is 1.78. The third-order valence-electron chi connectivity index (χ3n) is 5.74. The molecule has 0 spiro atoms. The van der Waals surface area contributed by atoms with Crippen molar-refractivity contribution in [1.29, 1.82) is 0 Å². The van der Waals surface area contributed by atoms with Gasteiger partial charge in [0.2, 0.25) is 5.91 Å². The highest BCUT2D eigenvalue weighted by Crippen LogP contribution is 2.17. The maximum Gasteiger partial charge on any atom is 0.253 e. The van der Waals surface area contributed by atoms with Crippen molar-refractivity contribution < 1.29 is 9.59 Å². The summed E-state index contributed by atoms with van der Waals surface area (Å²) >= 11 is 0. The Bertz CT molecular complexity index is 1090. The Labute approximate surface area is 188 Å². The molecule has 2 amide bonds. The highest BCUT2D eigenvalue weighted by molar-refractivity contribution is 5.95. The molecule has 1 aliphatic rings. The summed E-state index contributed by atoms with van der Waals surface area (Å²) in [7, 11) is 0. The molecule has 0 radical (unpaired) electrons. The first-order valence-electron chi connectivity index (χ1n) is 11.0. The summed E-state index contributed by atoms with van der Waals surface area (Å²) in [5.41, 5.74) is 3.75. The number of piperazine rings is 1. The number of carbonyl (C=O) groups is 2. The molecule has 2 heterocycles. The van der Waals surface area contributed by atoms with Crippen LogP contribution < -0.4 is 0 Å². The Morgan fingerprint density at radius 2 is 1.56 bits per heavy atom. The van der Waals surface area contributed by atoms with Gasteiger partial charge in [-0.2, -0.15) is 5.10 Å². The summed E-state index contributed by atoms with van der Waals surface area (Å²) in [6.45, 7) is 6.41. The van der Waals surface area contributed by atoms with Crippen LogP contribution in [0.3, 0.4) is 0 Å². The lowest BCUT2D eigenvalue weighted by Gasteiger charge is -2.34. The monoisotopic (exact) mass is 428 g/mol. The zero-order chi connectivity index (χ0) is 22.5. The second kappa shape index (κ2) is 9.64. The van der Waals surface area contributed by atoms with Gasteiger partial charge >= 0.3 is 0 Å². The topological polar surface area (TPSA) is 58.4 Å². The fourth-order valence-electron chi connectivity index (χ4n) is 3.74. The Hall–Kier alpha value is -3.67. The van der Waals surface area contributed by atoms with Gasteiger partial charge in [0.1, 0.15) is 0 Å². The number of hydrogen-bond acceptors (Lipinski definition) is 3. The van der Waals surface area contributed by atoms with Crippen molar-refractivity contribution in [3.63, 3.8) is 0 Å². The van der Waals surface area contributed by atoms with E-state index in [9.17, 15) is 9.59 Å². The second-order valence-corrected chi connectivity index (χ2v) is 8.28. The summed E-state index contributed by atoms with van der Waals surface area (Å²) in [5, 5.41) is 4.35. The van der Waals surface area contributed by atoms with Crippen molar-refractivity contribution in [2.75, 3.05) is 26.2 Å². The van der Waals surface area contributed by atoms with Crippen LogP contribution in [0, 0.1) is 0 Å². The van der Waals surface area contributed by atoms with Crippen LogP contribution in [0.4, 0.5) is 0 Å². The Kier molecular flexibility index (Phi) is 6.50. The molecule has 4 rings (SSSR count). The van der Waals surface area contributed by atoms with Crippen molar-refractivity contribution in [1.82, 2.24) is 19.6 Å². The van der Waals surface area contributed by atoms with Gasteiger partial charge in [0, 0.05) is 49.6 Å². The second-order valence-electron chi connectivity index (χ2n) is 8.28. The lowest BCUT2D eigenvalue weighted by atomic mass is 10.0. The maximum absolute atomic E-state index is 12.8. The molecule has 164 valence electrons. The number of para-hydroxylation sites is 1. The fraction of sp³-hybridized carbons (Fsp3) is 0.269. The van der Waals surface area contributed by atoms with E-state index in [0.717, 1.165) is 11.3 Å².